The van der Waals surface area contributed by atoms with Crippen LogP contribution in [0.2, 0.25) is 0 Å². The van der Waals surface area contributed by atoms with Crippen LogP contribution in [0.25, 0.3) is 0 Å². The quantitative estimate of drug-likeness (QED) is 0.749. The maximum Gasteiger partial charge on any atom is 0.118 e. The first-order chi connectivity index (χ1) is 10.8. The first-order valence-electron chi connectivity index (χ1n) is 7.90. The summed E-state index contributed by atoms with van der Waals surface area (Å²) in [5, 5.41) is 0. The lowest BCUT2D eigenvalue weighted by molar-refractivity contribution is 0.284. The first-order valence-corrected chi connectivity index (χ1v) is 7.90. The lowest BCUT2D eigenvalue weighted by Gasteiger charge is -2.26. The van der Waals surface area contributed by atoms with Gasteiger partial charge in [-0.3, -0.25) is 4.90 Å². The van der Waals surface area contributed by atoms with Crippen LogP contribution in [0.4, 0.5) is 0 Å². The van der Waals surface area contributed by atoms with Gasteiger partial charge >= 0.3 is 0 Å². The van der Waals surface area contributed by atoms with E-state index in [0.29, 0.717) is 0 Å². The highest BCUT2D eigenvalue weighted by molar-refractivity contribution is 5.85. The molecule has 0 unspecified atom stereocenters. The van der Waals surface area contributed by atoms with Gasteiger partial charge in [0.15, 0.2) is 0 Å². The van der Waals surface area contributed by atoms with Gasteiger partial charge in [0.1, 0.15) is 5.75 Å². The highest BCUT2D eigenvalue weighted by atomic mass is 35.5. The third-order valence-electron chi connectivity index (χ3n) is 4.23. The predicted molar refractivity (Wildman–Crippen MR) is 98.4 cm³/mol. The summed E-state index contributed by atoms with van der Waals surface area (Å²) >= 11 is 0. The zero-order chi connectivity index (χ0) is 15.2. The summed E-state index contributed by atoms with van der Waals surface area (Å²) < 4.78 is 5.21. The van der Waals surface area contributed by atoms with Crippen molar-refractivity contribution in [2.24, 2.45) is 0 Å². The van der Waals surface area contributed by atoms with Gasteiger partial charge in [0, 0.05) is 19.6 Å². The van der Waals surface area contributed by atoms with Gasteiger partial charge in [0.05, 0.1) is 7.11 Å². The minimum Gasteiger partial charge on any atom is -0.497 e. The summed E-state index contributed by atoms with van der Waals surface area (Å²) in [6, 6.07) is 19.1. The fourth-order valence-corrected chi connectivity index (χ4v) is 2.90. The number of halogens is 1. The van der Waals surface area contributed by atoms with Crippen molar-refractivity contribution in [3.63, 3.8) is 0 Å². The molecule has 0 spiro atoms. The van der Waals surface area contributed by atoms with Crippen molar-refractivity contribution in [3.8, 4) is 5.75 Å². The molecule has 0 saturated carbocycles. The van der Waals surface area contributed by atoms with Gasteiger partial charge < -0.3 is 4.74 Å². The molecule has 0 bridgehead atoms. The Bertz CT molecular complexity index is 622. The number of methoxy groups -OCH3 is 1. The number of nitrogens with zero attached hydrogens (tertiary/aromatic N) is 1. The average molecular weight is 330 g/mol. The molecule has 122 valence electrons. The number of ether oxygens (including phenoxy) is 1. The minimum absolute atomic E-state index is 0. The molecule has 1 aliphatic rings. The van der Waals surface area contributed by atoms with Crippen LogP contribution in [-0.2, 0) is 13.0 Å². The Morgan fingerprint density at radius 1 is 0.957 bits per heavy atom. The number of hydrogen-bond donors (Lipinski definition) is 0. The van der Waals surface area contributed by atoms with E-state index in [1.807, 2.05) is 12.1 Å². The minimum atomic E-state index is 0. The zero-order valence-electron chi connectivity index (χ0n) is 13.6. The lowest BCUT2D eigenvalue weighted by Crippen LogP contribution is -2.28. The second kappa shape index (κ2) is 8.76. The van der Waals surface area contributed by atoms with Crippen LogP contribution in [0.1, 0.15) is 17.5 Å². The van der Waals surface area contributed by atoms with Crippen molar-refractivity contribution >= 4 is 12.4 Å². The van der Waals surface area contributed by atoms with Crippen LogP contribution < -0.4 is 4.74 Å². The Balaban J connectivity index is 0.00000192. The molecule has 23 heavy (non-hydrogen) atoms. The van der Waals surface area contributed by atoms with E-state index >= 15 is 0 Å². The summed E-state index contributed by atoms with van der Waals surface area (Å²) in [6.07, 6.45) is 4.67. The molecule has 0 radical (unpaired) electrons. The molecule has 2 nitrogen and oxygen atoms in total. The molecule has 2 aromatic carbocycles. The molecule has 0 amide bonds. The Morgan fingerprint density at radius 2 is 1.70 bits per heavy atom. The van der Waals surface area contributed by atoms with Gasteiger partial charge in [-0.25, -0.2) is 0 Å². The molecule has 3 rings (SSSR count). The maximum atomic E-state index is 5.21. The third-order valence-corrected chi connectivity index (χ3v) is 4.23. The average Bonchev–Trinajstić information content (AvgIpc) is 2.58. The van der Waals surface area contributed by atoms with Gasteiger partial charge in [-0.2, -0.15) is 0 Å². The first kappa shape index (κ1) is 17.6. The summed E-state index contributed by atoms with van der Waals surface area (Å²) in [6.45, 7) is 3.21. The van der Waals surface area contributed by atoms with Gasteiger partial charge in [-0.15, -0.1) is 12.4 Å². The van der Waals surface area contributed by atoms with Crippen LogP contribution in [0.5, 0.6) is 5.75 Å². The van der Waals surface area contributed by atoms with Crippen molar-refractivity contribution in [1.82, 2.24) is 4.90 Å². The van der Waals surface area contributed by atoms with Crippen molar-refractivity contribution in [2.75, 3.05) is 20.2 Å². The Kier molecular flexibility index (Phi) is 6.69. The summed E-state index contributed by atoms with van der Waals surface area (Å²) in [7, 11) is 1.71. The van der Waals surface area contributed by atoms with E-state index in [1.165, 1.54) is 17.5 Å². The number of benzene rings is 2. The van der Waals surface area contributed by atoms with E-state index in [2.05, 4.69) is 53.4 Å². The topological polar surface area (TPSA) is 12.5 Å². The van der Waals surface area contributed by atoms with Crippen molar-refractivity contribution in [1.29, 1.82) is 0 Å². The highest BCUT2D eigenvalue weighted by Gasteiger charge is 2.12. The molecular formula is C20H24ClNO. The van der Waals surface area contributed by atoms with Gasteiger partial charge in [-0.1, -0.05) is 54.1 Å². The summed E-state index contributed by atoms with van der Waals surface area (Å²) in [5.41, 5.74) is 4.33. The van der Waals surface area contributed by atoms with Crippen molar-refractivity contribution in [3.05, 3.63) is 77.4 Å². The summed E-state index contributed by atoms with van der Waals surface area (Å²) in [5.74, 6) is 0.924. The monoisotopic (exact) mass is 329 g/mol. The molecule has 1 aliphatic heterocycles. The van der Waals surface area contributed by atoms with Gasteiger partial charge in [-0.05, 0) is 36.1 Å². The van der Waals surface area contributed by atoms with Crippen LogP contribution in [-0.4, -0.2) is 25.1 Å². The van der Waals surface area contributed by atoms with E-state index in [-0.39, 0.29) is 12.4 Å². The highest BCUT2D eigenvalue weighted by Crippen LogP contribution is 2.19. The Labute approximate surface area is 145 Å². The van der Waals surface area contributed by atoms with Gasteiger partial charge in [0.25, 0.3) is 0 Å². The van der Waals surface area contributed by atoms with E-state index in [4.69, 9.17) is 4.74 Å². The van der Waals surface area contributed by atoms with Crippen molar-refractivity contribution < 1.29 is 4.74 Å². The molecule has 3 heteroatoms. The molecule has 0 N–H and O–H groups in total. The standard InChI is InChI=1S/C20H23NO.ClH/c1-22-20-9-7-19(8-10-20)16-21-13-11-18(12-14-21)15-17-5-3-2-4-6-17;/h2-11H,12-16H2,1H3;1H. The van der Waals surface area contributed by atoms with Crippen LogP contribution in [0.3, 0.4) is 0 Å². The largest absolute Gasteiger partial charge is 0.497 e. The van der Waals surface area contributed by atoms with E-state index in [1.54, 1.807) is 12.7 Å². The molecule has 1 heterocycles. The summed E-state index contributed by atoms with van der Waals surface area (Å²) in [4.78, 5) is 2.50. The zero-order valence-corrected chi connectivity index (χ0v) is 14.4. The SMILES string of the molecule is COc1ccc(CN2CC=C(Cc3ccccc3)CC2)cc1.Cl. The van der Waals surface area contributed by atoms with E-state index in [0.717, 1.165) is 31.8 Å². The fourth-order valence-electron chi connectivity index (χ4n) is 2.90. The predicted octanol–water partition coefficient (Wildman–Crippen LogP) is 4.49. The van der Waals surface area contributed by atoms with Crippen LogP contribution >= 0.6 is 12.4 Å². The molecule has 0 aliphatic carbocycles. The molecule has 2 aromatic rings. The normalized spacial score (nSPS) is 14.7. The second-order valence-corrected chi connectivity index (χ2v) is 5.86. The smallest absolute Gasteiger partial charge is 0.118 e. The number of hydrogen-bond acceptors (Lipinski definition) is 2. The Morgan fingerprint density at radius 3 is 2.30 bits per heavy atom. The lowest BCUT2D eigenvalue weighted by atomic mass is 9.99. The number of rotatable bonds is 5. The van der Waals surface area contributed by atoms with Crippen molar-refractivity contribution in [2.45, 2.75) is 19.4 Å². The molecule has 0 fully saturated rings. The molecule has 0 saturated heterocycles. The second-order valence-electron chi connectivity index (χ2n) is 5.86. The van der Waals surface area contributed by atoms with E-state index in [9.17, 15) is 0 Å². The van der Waals surface area contributed by atoms with Crippen LogP contribution in [0.15, 0.2) is 66.2 Å². The fraction of sp³-hybridized carbons (Fsp3) is 0.300. The maximum absolute atomic E-state index is 5.21. The molecular weight excluding hydrogens is 306 g/mol. The van der Waals surface area contributed by atoms with E-state index < -0.39 is 0 Å². The molecule has 0 atom stereocenters. The Hall–Kier alpha value is -1.77. The van der Waals surface area contributed by atoms with Crippen LogP contribution in [0, 0.1) is 0 Å². The third kappa shape index (κ3) is 5.12. The van der Waals surface area contributed by atoms with Gasteiger partial charge in [0.2, 0.25) is 0 Å². The molecule has 0 aromatic heterocycles.